The highest BCUT2D eigenvalue weighted by Crippen LogP contribution is 2.33. The number of benzene rings is 2. The number of rotatable bonds is 8. The zero-order valence-corrected chi connectivity index (χ0v) is 18.6. The highest BCUT2D eigenvalue weighted by atomic mass is 35.5. The van der Waals surface area contributed by atoms with Gasteiger partial charge in [-0.1, -0.05) is 41.1 Å². The van der Waals surface area contributed by atoms with Crippen LogP contribution >= 0.6 is 22.9 Å². The molecule has 3 aromatic rings. The third kappa shape index (κ3) is 5.11. The third-order valence-electron chi connectivity index (χ3n) is 4.37. The SMILES string of the molecule is CCOCCn1c(=NC(=O)C=Cc2ccccc2Cl)sc2cc(OC)c(OC)cc21. The third-order valence-corrected chi connectivity index (χ3v) is 5.75. The van der Waals surface area contributed by atoms with Gasteiger partial charge in [-0.05, 0) is 24.6 Å². The van der Waals surface area contributed by atoms with Gasteiger partial charge in [-0.15, -0.1) is 0 Å². The number of aromatic nitrogens is 1. The molecule has 8 heteroatoms. The van der Waals surface area contributed by atoms with Crippen LogP contribution in [0.2, 0.25) is 5.02 Å². The lowest BCUT2D eigenvalue weighted by Crippen LogP contribution is -2.19. The standard InChI is InChI=1S/C22H23ClN2O4S/c1-4-29-12-11-25-17-13-18(27-2)19(28-3)14-20(17)30-22(25)24-21(26)10-9-15-7-5-6-8-16(15)23/h5-10,13-14H,4,11-12H2,1-3H3. The molecule has 0 bridgehead atoms. The summed E-state index contributed by atoms with van der Waals surface area (Å²) in [4.78, 5) is 17.4. The minimum atomic E-state index is -0.370. The number of carbonyl (C=O) groups excluding carboxylic acids is 1. The Bertz CT molecular complexity index is 1130. The van der Waals surface area contributed by atoms with Crippen LogP contribution in [0.4, 0.5) is 0 Å². The summed E-state index contributed by atoms with van der Waals surface area (Å²) in [5.74, 6) is 0.870. The number of ether oxygens (including phenoxy) is 3. The predicted octanol–water partition coefficient (Wildman–Crippen LogP) is 4.55. The maximum atomic E-state index is 12.5. The van der Waals surface area contributed by atoms with Crippen LogP contribution in [0.1, 0.15) is 12.5 Å². The average molecular weight is 447 g/mol. The molecule has 0 saturated carbocycles. The maximum Gasteiger partial charge on any atom is 0.272 e. The minimum absolute atomic E-state index is 0.370. The highest BCUT2D eigenvalue weighted by Gasteiger charge is 2.13. The molecule has 0 spiro atoms. The van der Waals surface area contributed by atoms with Gasteiger partial charge in [0.05, 0.1) is 31.0 Å². The van der Waals surface area contributed by atoms with Gasteiger partial charge in [0, 0.05) is 36.4 Å². The van der Waals surface area contributed by atoms with Crippen molar-refractivity contribution < 1.29 is 19.0 Å². The zero-order valence-electron chi connectivity index (χ0n) is 17.1. The Hall–Kier alpha value is -2.61. The first-order valence-corrected chi connectivity index (χ1v) is 10.6. The van der Waals surface area contributed by atoms with Crippen molar-refractivity contribution in [1.29, 1.82) is 0 Å². The molecule has 158 valence electrons. The number of hydrogen-bond acceptors (Lipinski definition) is 5. The molecular weight excluding hydrogens is 424 g/mol. The minimum Gasteiger partial charge on any atom is -0.493 e. The fourth-order valence-electron chi connectivity index (χ4n) is 2.90. The summed E-state index contributed by atoms with van der Waals surface area (Å²) < 4.78 is 19.2. The van der Waals surface area contributed by atoms with E-state index in [-0.39, 0.29) is 5.91 Å². The summed E-state index contributed by atoms with van der Waals surface area (Å²) in [6.45, 7) is 3.63. The first-order valence-electron chi connectivity index (χ1n) is 9.41. The molecule has 1 heterocycles. The number of hydrogen-bond donors (Lipinski definition) is 0. The Morgan fingerprint density at radius 3 is 2.63 bits per heavy atom. The highest BCUT2D eigenvalue weighted by molar-refractivity contribution is 7.16. The van der Waals surface area contributed by atoms with Gasteiger partial charge in [0.1, 0.15) is 0 Å². The Balaban J connectivity index is 2.02. The molecule has 1 amide bonds. The molecule has 0 unspecified atom stereocenters. The molecule has 0 radical (unpaired) electrons. The Morgan fingerprint density at radius 2 is 1.93 bits per heavy atom. The van der Waals surface area contributed by atoms with Crippen molar-refractivity contribution in [3.63, 3.8) is 0 Å². The Morgan fingerprint density at radius 1 is 1.20 bits per heavy atom. The van der Waals surface area contributed by atoms with E-state index in [1.54, 1.807) is 26.4 Å². The Kier molecular flexibility index (Phi) is 7.68. The molecule has 0 aliphatic heterocycles. The lowest BCUT2D eigenvalue weighted by molar-refractivity contribution is -0.113. The molecule has 0 N–H and O–H groups in total. The van der Waals surface area contributed by atoms with Crippen molar-refractivity contribution in [2.45, 2.75) is 13.5 Å². The first-order chi connectivity index (χ1) is 14.6. The average Bonchev–Trinajstić information content (AvgIpc) is 3.08. The van der Waals surface area contributed by atoms with E-state index in [9.17, 15) is 4.79 Å². The van der Waals surface area contributed by atoms with Gasteiger partial charge in [0.25, 0.3) is 5.91 Å². The molecule has 0 saturated heterocycles. The fraction of sp³-hybridized carbons (Fsp3) is 0.273. The summed E-state index contributed by atoms with van der Waals surface area (Å²) in [5.41, 5.74) is 1.66. The number of carbonyl (C=O) groups is 1. The van der Waals surface area contributed by atoms with Crippen LogP contribution in [0.25, 0.3) is 16.3 Å². The first kappa shape index (κ1) is 22.1. The van der Waals surface area contributed by atoms with Crippen LogP contribution < -0.4 is 14.3 Å². The quantitative estimate of drug-likeness (QED) is 0.376. The zero-order chi connectivity index (χ0) is 21.5. The number of thiazole rings is 1. The molecule has 0 aliphatic carbocycles. The summed E-state index contributed by atoms with van der Waals surface area (Å²) in [5, 5.41) is 0.578. The van der Waals surface area contributed by atoms with Crippen molar-refractivity contribution in [3.8, 4) is 11.5 Å². The molecule has 30 heavy (non-hydrogen) atoms. The van der Waals surface area contributed by atoms with Crippen LogP contribution in [0, 0.1) is 0 Å². The molecule has 6 nitrogen and oxygen atoms in total. The summed E-state index contributed by atoms with van der Waals surface area (Å²) in [7, 11) is 3.18. The van der Waals surface area contributed by atoms with Gasteiger partial charge in [-0.25, -0.2) is 0 Å². The largest absolute Gasteiger partial charge is 0.493 e. The topological polar surface area (TPSA) is 62.1 Å². The molecular formula is C22H23ClN2O4S. The van der Waals surface area contributed by atoms with Crippen LogP contribution in [0.5, 0.6) is 11.5 Å². The lowest BCUT2D eigenvalue weighted by atomic mass is 10.2. The number of halogens is 1. The molecule has 2 aromatic carbocycles. The summed E-state index contributed by atoms with van der Waals surface area (Å²) in [6, 6.07) is 11.1. The van der Waals surface area contributed by atoms with E-state index in [0.717, 1.165) is 15.8 Å². The van der Waals surface area contributed by atoms with Crippen molar-refractivity contribution in [1.82, 2.24) is 4.57 Å². The number of nitrogens with zero attached hydrogens (tertiary/aromatic N) is 2. The smallest absolute Gasteiger partial charge is 0.272 e. The molecule has 1 aromatic heterocycles. The maximum absolute atomic E-state index is 12.5. The van der Waals surface area contributed by atoms with Gasteiger partial charge < -0.3 is 18.8 Å². The molecule has 0 atom stereocenters. The van der Waals surface area contributed by atoms with Crippen molar-refractivity contribution >= 4 is 45.1 Å². The summed E-state index contributed by atoms with van der Waals surface area (Å²) in [6.07, 6.45) is 3.08. The van der Waals surface area contributed by atoms with E-state index >= 15 is 0 Å². The molecule has 0 fully saturated rings. The van der Waals surface area contributed by atoms with Crippen LogP contribution in [0.3, 0.4) is 0 Å². The van der Waals surface area contributed by atoms with E-state index in [1.165, 1.54) is 17.4 Å². The van der Waals surface area contributed by atoms with Crippen molar-refractivity contribution in [3.05, 3.63) is 57.9 Å². The van der Waals surface area contributed by atoms with Crippen LogP contribution in [0.15, 0.2) is 47.5 Å². The number of fused-ring (bicyclic) bond motifs is 1. The second-order valence-corrected chi connectivity index (χ2v) is 7.63. The van der Waals surface area contributed by atoms with E-state index in [1.807, 2.05) is 41.8 Å². The van der Waals surface area contributed by atoms with Crippen LogP contribution in [-0.4, -0.2) is 37.9 Å². The molecule has 3 rings (SSSR count). The van der Waals surface area contributed by atoms with E-state index in [4.69, 9.17) is 25.8 Å². The number of amides is 1. The van der Waals surface area contributed by atoms with Gasteiger partial charge in [0.15, 0.2) is 16.3 Å². The van der Waals surface area contributed by atoms with Gasteiger partial charge in [0.2, 0.25) is 0 Å². The monoisotopic (exact) mass is 446 g/mol. The van der Waals surface area contributed by atoms with E-state index in [2.05, 4.69) is 4.99 Å². The lowest BCUT2D eigenvalue weighted by Gasteiger charge is -2.09. The van der Waals surface area contributed by atoms with E-state index < -0.39 is 0 Å². The summed E-state index contributed by atoms with van der Waals surface area (Å²) >= 11 is 7.55. The van der Waals surface area contributed by atoms with Crippen LogP contribution in [-0.2, 0) is 16.1 Å². The fourth-order valence-corrected chi connectivity index (χ4v) is 4.17. The Labute approximate surface area is 184 Å². The van der Waals surface area contributed by atoms with Crippen molar-refractivity contribution in [2.75, 3.05) is 27.4 Å². The van der Waals surface area contributed by atoms with Gasteiger partial charge in [-0.2, -0.15) is 4.99 Å². The van der Waals surface area contributed by atoms with Gasteiger partial charge in [-0.3, -0.25) is 4.79 Å². The molecule has 0 aliphatic rings. The van der Waals surface area contributed by atoms with Gasteiger partial charge >= 0.3 is 0 Å². The van der Waals surface area contributed by atoms with E-state index in [0.29, 0.717) is 41.1 Å². The second-order valence-electron chi connectivity index (χ2n) is 6.21. The predicted molar refractivity (Wildman–Crippen MR) is 120 cm³/mol. The number of methoxy groups -OCH3 is 2. The normalized spacial score (nSPS) is 12.1. The second kappa shape index (κ2) is 10.4. The van der Waals surface area contributed by atoms with Crippen molar-refractivity contribution in [2.24, 2.45) is 4.99 Å².